The molecule has 7 heteroatoms. The summed E-state index contributed by atoms with van der Waals surface area (Å²) in [6, 6.07) is 1.33. The van der Waals surface area contributed by atoms with Gasteiger partial charge in [0.1, 0.15) is 17.2 Å². The van der Waals surface area contributed by atoms with Crippen LogP contribution in [0.2, 0.25) is 5.02 Å². The number of carbonyl (C=O) groups excluding carboxylic acids is 1. The number of hydrogen-bond donors (Lipinski definition) is 2. The predicted molar refractivity (Wildman–Crippen MR) is 77.3 cm³/mol. The summed E-state index contributed by atoms with van der Waals surface area (Å²) in [7, 11) is 0. The third kappa shape index (κ3) is 6.27. The van der Waals surface area contributed by atoms with Crippen LogP contribution in [0.4, 0.5) is 13.6 Å². The van der Waals surface area contributed by atoms with Crippen molar-refractivity contribution in [2.24, 2.45) is 5.73 Å². The number of amides is 1. The number of nitrogens with one attached hydrogen (secondary N) is 1. The lowest BCUT2D eigenvalue weighted by atomic mass is 10.1. The average Bonchev–Trinajstić information content (AvgIpc) is 2.31. The molecule has 1 aromatic rings. The second kappa shape index (κ2) is 7.04. The van der Waals surface area contributed by atoms with Crippen LogP contribution in [0, 0.1) is 11.6 Å². The molecule has 1 atom stereocenters. The standard InChI is InChI=1S/C14H19ClF2N2O2/c1-14(2,3)21-13(20)19-7-9(18)4-8-5-12(17)10(15)6-11(8)16/h5-6,9H,4,7,18H2,1-3H3,(H,19,20). The highest BCUT2D eigenvalue weighted by Crippen LogP contribution is 2.20. The van der Waals surface area contributed by atoms with Gasteiger partial charge >= 0.3 is 6.09 Å². The van der Waals surface area contributed by atoms with Gasteiger partial charge in [-0.05, 0) is 44.9 Å². The molecule has 1 rings (SSSR count). The summed E-state index contributed by atoms with van der Waals surface area (Å²) in [4.78, 5) is 11.4. The van der Waals surface area contributed by atoms with Crippen molar-refractivity contribution in [1.29, 1.82) is 0 Å². The maximum absolute atomic E-state index is 13.6. The number of benzene rings is 1. The van der Waals surface area contributed by atoms with Crippen LogP contribution in [-0.4, -0.2) is 24.3 Å². The second-order valence-corrected chi connectivity index (χ2v) is 6.11. The number of halogens is 3. The van der Waals surface area contributed by atoms with Crippen LogP contribution in [0.1, 0.15) is 26.3 Å². The first-order chi connectivity index (χ1) is 9.58. The normalized spacial score (nSPS) is 12.9. The highest BCUT2D eigenvalue weighted by molar-refractivity contribution is 6.30. The molecule has 0 heterocycles. The molecule has 3 N–H and O–H groups in total. The van der Waals surface area contributed by atoms with E-state index in [4.69, 9.17) is 22.1 Å². The van der Waals surface area contributed by atoms with E-state index in [1.54, 1.807) is 20.8 Å². The van der Waals surface area contributed by atoms with Gasteiger partial charge in [-0.3, -0.25) is 0 Å². The largest absolute Gasteiger partial charge is 0.444 e. The number of carbonyl (C=O) groups is 1. The molecule has 0 aliphatic carbocycles. The van der Waals surface area contributed by atoms with Gasteiger partial charge < -0.3 is 15.8 Å². The molecular weight excluding hydrogens is 302 g/mol. The Morgan fingerprint density at radius 1 is 1.38 bits per heavy atom. The summed E-state index contributed by atoms with van der Waals surface area (Å²) in [5.41, 5.74) is 5.28. The Kier molecular flexibility index (Phi) is 5.92. The van der Waals surface area contributed by atoms with Crippen LogP contribution in [0.25, 0.3) is 0 Å². The van der Waals surface area contributed by atoms with E-state index in [0.29, 0.717) is 0 Å². The Morgan fingerprint density at radius 2 is 2.00 bits per heavy atom. The van der Waals surface area contributed by atoms with Gasteiger partial charge in [-0.15, -0.1) is 0 Å². The fourth-order valence-electron chi connectivity index (χ4n) is 1.60. The second-order valence-electron chi connectivity index (χ2n) is 5.70. The maximum atomic E-state index is 13.6. The summed E-state index contributed by atoms with van der Waals surface area (Å²) in [5, 5.41) is 2.20. The van der Waals surface area contributed by atoms with Crippen LogP contribution in [0.15, 0.2) is 12.1 Å². The molecular formula is C14H19ClF2N2O2. The van der Waals surface area contributed by atoms with E-state index in [2.05, 4.69) is 5.32 Å². The zero-order valence-corrected chi connectivity index (χ0v) is 12.9. The molecule has 0 aliphatic heterocycles. The van der Waals surface area contributed by atoms with Crippen molar-refractivity contribution in [2.45, 2.75) is 38.8 Å². The summed E-state index contributed by atoms with van der Waals surface area (Å²) in [6.07, 6.45) is -0.545. The molecule has 0 saturated heterocycles. The molecule has 0 radical (unpaired) electrons. The smallest absolute Gasteiger partial charge is 0.407 e. The molecule has 0 aliphatic rings. The molecule has 0 bridgehead atoms. The minimum Gasteiger partial charge on any atom is -0.444 e. The summed E-state index contributed by atoms with van der Waals surface area (Å²) in [6.45, 7) is 5.29. The number of ether oxygens (including phenoxy) is 1. The van der Waals surface area contributed by atoms with Gasteiger partial charge in [-0.2, -0.15) is 0 Å². The van der Waals surface area contributed by atoms with E-state index in [9.17, 15) is 13.6 Å². The van der Waals surface area contributed by atoms with E-state index in [0.717, 1.165) is 12.1 Å². The Hall–Kier alpha value is -1.40. The molecule has 118 valence electrons. The van der Waals surface area contributed by atoms with Crippen molar-refractivity contribution in [3.63, 3.8) is 0 Å². The number of alkyl carbamates (subject to hydrolysis) is 1. The van der Waals surface area contributed by atoms with Crippen LogP contribution in [0.5, 0.6) is 0 Å². The van der Waals surface area contributed by atoms with Gasteiger partial charge in [-0.25, -0.2) is 13.6 Å². The van der Waals surface area contributed by atoms with Gasteiger partial charge in [0.2, 0.25) is 0 Å². The van der Waals surface area contributed by atoms with Gasteiger partial charge in [-0.1, -0.05) is 11.6 Å². The average molecular weight is 321 g/mol. The van der Waals surface area contributed by atoms with Crippen LogP contribution in [-0.2, 0) is 11.2 Å². The lowest BCUT2D eigenvalue weighted by Gasteiger charge is -2.21. The summed E-state index contributed by atoms with van der Waals surface area (Å²) < 4.78 is 31.9. The van der Waals surface area contributed by atoms with Crippen molar-refractivity contribution >= 4 is 17.7 Å². The first kappa shape index (κ1) is 17.7. The quantitative estimate of drug-likeness (QED) is 0.838. The number of hydrogen-bond acceptors (Lipinski definition) is 3. The molecule has 1 aromatic carbocycles. The van der Waals surface area contributed by atoms with E-state index in [1.165, 1.54) is 0 Å². The van der Waals surface area contributed by atoms with Crippen molar-refractivity contribution in [3.05, 3.63) is 34.4 Å². The highest BCUT2D eigenvalue weighted by atomic mass is 35.5. The first-order valence-corrected chi connectivity index (χ1v) is 6.82. The highest BCUT2D eigenvalue weighted by Gasteiger charge is 2.17. The first-order valence-electron chi connectivity index (χ1n) is 6.44. The Labute approximate surface area is 127 Å². The van der Waals surface area contributed by atoms with Gasteiger partial charge in [0.15, 0.2) is 0 Å². The SMILES string of the molecule is CC(C)(C)OC(=O)NCC(N)Cc1cc(F)c(Cl)cc1F. The van der Waals surface area contributed by atoms with E-state index in [-0.39, 0.29) is 23.6 Å². The van der Waals surface area contributed by atoms with Crippen LogP contribution >= 0.6 is 11.6 Å². The fraction of sp³-hybridized carbons (Fsp3) is 0.500. The minimum absolute atomic E-state index is 0.0652. The van der Waals surface area contributed by atoms with Crippen molar-refractivity contribution in [2.75, 3.05) is 6.54 Å². The Morgan fingerprint density at radius 3 is 2.57 bits per heavy atom. The van der Waals surface area contributed by atoms with Gasteiger partial charge in [0.25, 0.3) is 0 Å². The maximum Gasteiger partial charge on any atom is 0.407 e. The number of rotatable bonds is 4. The lowest BCUT2D eigenvalue weighted by molar-refractivity contribution is 0.0524. The van der Waals surface area contributed by atoms with Crippen LogP contribution < -0.4 is 11.1 Å². The number of nitrogens with two attached hydrogens (primary N) is 1. The van der Waals surface area contributed by atoms with Crippen molar-refractivity contribution in [3.8, 4) is 0 Å². The van der Waals surface area contributed by atoms with Crippen LogP contribution in [0.3, 0.4) is 0 Å². The molecule has 4 nitrogen and oxygen atoms in total. The summed E-state index contributed by atoms with van der Waals surface area (Å²) in [5.74, 6) is -1.34. The molecule has 1 amide bonds. The Bertz CT molecular complexity index is 518. The summed E-state index contributed by atoms with van der Waals surface area (Å²) >= 11 is 5.47. The van der Waals surface area contributed by atoms with Crippen molar-refractivity contribution < 1.29 is 18.3 Å². The van der Waals surface area contributed by atoms with E-state index >= 15 is 0 Å². The third-order valence-corrected chi connectivity index (χ3v) is 2.77. The zero-order valence-electron chi connectivity index (χ0n) is 12.2. The zero-order chi connectivity index (χ0) is 16.2. The predicted octanol–water partition coefficient (Wildman–Crippen LogP) is 3.01. The molecule has 0 saturated carbocycles. The van der Waals surface area contributed by atoms with Gasteiger partial charge in [0, 0.05) is 12.6 Å². The molecule has 0 aromatic heterocycles. The Balaban J connectivity index is 2.53. The molecule has 21 heavy (non-hydrogen) atoms. The van der Waals surface area contributed by atoms with E-state index < -0.39 is 29.4 Å². The molecule has 0 spiro atoms. The lowest BCUT2D eigenvalue weighted by Crippen LogP contribution is -2.41. The van der Waals surface area contributed by atoms with Gasteiger partial charge in [0.05, 0.1) is 5.02 Å². The minimum atomic E-state index is -0.708. The van der Waals surface area contributed by atoms with Crippen molar-refractivity contribution in [1.82, 2.24) is 5.32 Å². The molecule has 1 unspecified atom stereocenters. The monoisotopic (exact) mass is 320 g/mol. The van der Waals surface area contributed by atoms with E-state index in [1.807, 2.05) is 0 Å². The fourth-order valence-corrected chi connectivity index (χ4v) is 1.75. The third-order valence-electron chi connectivity index (χ3n) is 2.48. The molecule has 0 fully saturated rings. The topological polar surface area (TPSA) is 64.3 Å².